The molecule has 14 heavy (non-hydrogen) atoms. The molecule has 0 radical (unpaired) electrons. The van der Waals surface area contributed by atoms with E-state index in [2.05, 4.69) is 11.7 Å². The summed E-state index contributed by atoms with van der Waals surface area (Å²) in [5, 5.41) is 4.92. The highest BCUT2D eigenvalue weighted by atomic mass is 15.4. The van der Waals surface area contributed by atoms with Gasteiger partial charge in [0.25, 0.3) is 0 Å². The van der Waals surface area contributed by atoms with Crippen LogP contribution in [0.1, 0.15) is 5.56 Å². The summed E-state index contributed by atoms with van der Waals surface area (Å²) in [5.74, 6) is 11.2. The highest BCUT2D eigenvalue weighted by molar-refractivity contribution is 6.21. The fourth-order valence-electron chi connectivity index (χ4n) is 1.15. The number of nitrogens with two attached hydrogens (primary N) is 2. The minimum Gasteiger partial charge on any atom is -0.321 e. The van der Waals surface area contributed by atoms with Gasteiger partial charge in [-0.15, -0.1) is 0 Å². The average molecular weight is 190 g/mol. The zero-order chi connectivity index (χ0) is 10.6. The molecule has 0 bridgehead atoms. The maximum Gasteiger partial charge on any atom is 0.169 e. The molecule has 0 heterocycles. The molecule has 1 rings (SSSR count). The largest absolute Gasteiger partial charge is 0.321 e. The maximum atomic E-state index is 5.55. The third kappa shape index (κ3) is 2.11. The number of nitrogens with zero attached hydrogens (tertiary/aromatic N) is 2. The van der Waals surface area contributed by atoms with Gasteiger partial charge in [-0.3, -0.25) is 5.01 Å². The third-order valence-electron chi connectivity index (χ3n) is 1.85. The van der Waals surface area contributed by atoms with Crippen LogP contribution in [0.4, 0.5) is 0 Å². The number of hydrogen-bond donors (Lipinski definition) is 2. The summed E-state index contributed by atoms with van der Waals surface area (Å²) in [4.78, 5) is 0. The van der Waals surface area contributed by atoms with Gasteiger partial charge < -0.3 is 5.84 Å². The number of amidine groups is 1. The van der Waals surface area contributed by atoms with Crippen LogP contribution >= 0.6 is 0 Å². The maximum absolute atomic E-state index is 5.55. The molecule has 0 aliphatic heterocycles. The standard InChI is InChI=1S/C10H14N4/c1-8(10(13-11)14(2)12)9-6-4-3-5-7-9/h3-7H,1,11-12H2,2H3/b13-10-. The molecule has 4 nitrogen and oxygen atoms in total. The molecule has 0 saturated heterocycles. The van der Waals surface area contributed by atoms with Gasteiger partial charge in [-0.1, -0.05) is 36.9 Å². The van der Waals surface area contributed by atoms with Crippen molar-refractivity contribution in [3.63, 3.8) is 0 Å². The predicted molar refractivity (Wildman–Crippen MR) is 59.0 cm³/mol. The van der Waals surface area contributed by atoms with E-state index in [-0.39, 0.29) is 0 Å². The summed E-state index contributed by atoms with van der Waals surface area (Å²) in [6.07, 6.45) is 0. The van der Waals surface area contributed by atoms with Gasteiger partial charge in [0, 0.05) is 12.6 Å². The topological polar surface area (TPSA) is 67.6 Å². The lowest BCUT2D eigenvalue weighted by Gasteiger charge is -2.16. The third-order valence-corrected chi connectivity index (χ3v) is 1.85. The summed E-state index contributed by atoms with van der Waals surface area (Å²) in [6, 6.07) is 9.63. The van der Waals surface area contributed by atoms with Crippen LogP contribution in [0.15, 0.2) is 42.0 Å². The van der Waals surface area contributed by atoms with Crippen molar-refractivity contribution in [3.05, 3.63) is 42.5 Å². The molecule has 1 aromatic carbocycles. The van der Waals surface area contributed by atoms with E-state index in [1.54, 1.807) is 7.05 Å². The molecule has 0 saturated carbocycles. The van der Waals surface area contributed by atoms with Gasteiger partial charge in [-0.2, -0.15) is 5.10 Å². The van der Waals surface area contributed by atoms with E-state index < -0.39 is 0 Å². The normalized spacial score (nSPS) is 11.1. The van der Waals surface area contributed by atoms with E-state index in [0.29, 0.717) is 11.4 Å². The molecule has 1 aromatic rings. The first-order valence-corrected chi connectivity index (χ1v) is 4.18. The highest BCUT2D eigenvalue weighted by Crippen LogP contribution is 2.13. The second-order valence-electron chi connectivity index (χ2n) is 2.91. The molecular formula is C10H14N4. The lowest BCUT2D eigenvalue weighted by Crippen LogP contribution is -2.34. The number of hydrazine groups is 1. The number of hydrazone groups is 1. The lowest BCUT2D eigenvalue weighted by molar-refractivity contribution is 0.541. The summed E-state index contributed by atoms with van der Waals surface area (Å²) < 4.78 is 0. The summed E-state index contributed by atoms with van der Waals surface area (Å²) in [7, 11) is 1.67. The van der Waals surface area contributed by atoms with Crippen molar-refractivity contribution in [1.29, 1.82) is 0 Å². The Bertz CT molecular complexity index is 340. The van der Waals surface area contributed by atoms with E-state index in [0.717, 1.165) is 5.56 Å². The zero-order valence-electron chi connectivity index (χ0n) is 8.14. The van der Waals surface area contributed by atoms with Gasteiger partial charge >= 0.3 is 0 Å². The van der Waals surface area contributed by atoms with E-state index in [1.807, 2.05) is 30.3 Å². The Morgan fingerprint density at radius 2 is 1.93 bits per heavy atom. The minimum atomic E-state index is 0.469. The molecule has 0 unspecified atom stereocenters. The summed E-state index contributed by atoms with van der Waals surface area (Å²) in [6.45, 7) is 3.88. The molecule has 4 heteroatoms. The Morgan fingerprint density at radius 1 is 1.36 bits per heavy atom. The first kappa shape index (κ1) is 10.3. The molecule has 0 fully saturated rings. The Balaban J connectivity index is 2.96. The predicted octanol–water partition coefficient (Wildman–Crippen LogP) is 0.777. The fraction of sp³-hybridized carbons (Fsp3) is 0.100. The van der Waals surface area contributed by atoms with Crippen LogP contribution in [0, 0.1) is 0 Å². The van der Waals surface area contributed by atoms with E-state index in [4.69, 9.17) is 11.7 Å². The second-order valence-corrected chi connectivity index (χ2v) is 2.91. The van der Waals surface area contributed by atoms with Crippen molar-refractivity contribution < 1.29 is 0 Å². The average Bonchev–Trinajstić information content (AvgIpc) is 2.19. The Hall–Kier alpha value is -1.81. The van der Waals surface area contributed by atoms with Crippen LogP contribution in [0.25, 0.3) is 5.57 Å². The smallest absolute Gasteiger partial charge is 0.169 e. The Kier molecular flexibility index (Phi) is 3.25. The molecule has 0 aromatic heterocycles. The Labute approximate surface area is 83.5 Å². The lowest BCUT2D eigenvalue weighted by atomic mass is 10.1. The quantitative estimate of drug-likeness (QED) is 0.313. The number of hydrogen-bond acceptors (Lipinski definition) is 3. The van der Waals surface area contributed by atoms with Crippen molar-refractivity contribution in [3.8, 4) is 0 Å². The van der Waals surface area contributed by atoms with Crippen LogP contribution in [-0.2, 0) is 0 Å². The van der Waals surface area contributed by atoms with Crippen LogP contribution < -0.4 is 11.7 Å². The fourth-order valence-corrected chi connectivity index (χ4v) is 1.15. The van der Waals surface area contributed by atoms with Gasteiger partial charge in [0.15, 0.2) is 5.84 Å². The first-order chi connectivity index (χ1) is 6.66. The molecule has 0 aliphatic rings. The van der Waals surface area contributed by atoms with Crippen LogP contribution in [-0.4, -0.2) is 17.9 Å². The second kappa shape index (κ2) is 4.43. The molecule has 0 spiro atoms. The van der Waals surface area contributed by atoms with Gasteiger partial charge in [0.05, 0.1) is 0 Å². The molecular weight excluding hydrogens is 176 g/mol. The van der Waals surface area contributed by atoms with Crippen molar-refractivity contribution in [1.82, 2.24) is 5.01 Å². The molecule has 0 aliphatic carbocycles. The van der Waals surface area contributed by atoms with Crippen molar-refractivity contribution >= 4 is 11.4 Å². The SMILES string of the molecule is C=C(/C(=N/N)N(C)N)c1ccccc1. The van der Waals surface area contributed by atoms with E-state index in [1.165, 1.54) is 5.01 Å². The zero-order valence-corrected chi connectivity index (χ0v) is 8.14. The van der Waals surface area contributed by atoms with Crippen molar-refractivity contribution in [2.75, 3.05) is 7.05 Å². The van der Waals surface area contributed by atoms with Gasteiger partial charge in [-0.25, -0.2) is 5.84 Å². The summed E-state index contributed by atoms with van der Waals surface area (Å²) >= 11 is 0. The van der Waals surface area contributed by atoms with E-state index in [9.17, 15) is 0 Å². The monoisotopic (exact) mass is 190 g/mol. The number of rotatable bonds is 2. The number of benzene rings is 1. The molecule has 0 atom stereocenters. The van der Waals surface area contributed by atoms with Crippen molar-refractivity contribution in [2.45, 2.75) is 0 Å². The van der Waals surface area contributed by atoms with Crippen LogP contribution in [0.2, 0.25) is 0 Å². The number of likely N-dealkylation sites (N-methyl/N-ethyl adjacent to an activating group) is 1. The van der Waals surface area contributed by atoms with E-state index >= 15 is 0 Å². The van der Waals surface area contributed by atoms with Gasteiger partial charge in [0.1, 0.15) is 0 Å². The molecule has 0 amide bonds. The molecule has 74 valence electrons. The van der Waals surface area contributed by atoms with Gasteiger partial charge in [-0.05, 0) is 5.56 Å². The van der Waals surface area contributed by atoms with Crippen molar-refractivity contribution in [2.24, 2.45) is 16.8 Å². The van der Waals surface area contributed by atoms with Gasteiger partial charge in [0.2, 0.25) is 0 Å². The molecule has 4 N–H and O–H groups in total. The first-order valence-electron chi connectivity index (χ1n) is 4.18. The summed E-state index contributed by atoms with van der Waals surface area (Å²) in [5.41, 5.74) is 1.66. The Morgan fingerprint density at radius 3 is 2.36 bits per heavy atom. The highest BCUT2D eigenvalue weighted by Gasteiger charge is 2.08. The van der Waals surface area contributed by atoms with Crippen LogP contribution in [0.5, 0.6) is 0 Å². The minimum absolute atomic E-state index is 0.469. The van der Waals surface area contributed by atoms with Crippen LogP contribution in [0.3, 0.4) is 0 Å².